The second kappa shape index (κ2) is 3.66. The number of aliphatic hydroxyl groups excluding tert-OH is 1. The van der Waals surface area contributed by atoms with Gasteiger partial charge in [0.25, 0.3) is 0 Å². The Kier molecular flexibility index (Phi) is 2.28. The molecule has 1 N–H and O–H groups in total. The first-order chi connectivity index (χ1) is 7.76. The lowest BCUT2D eigenvalue weighted by molar-refractivity contribution is 0.285. The smallest absolute Gasteiger partial charge is 0.142 e. The molecule has 5 heteroatoms. The van der Waals surface area contributed by atoms with Gasteiger partial charge in [0.1, 0.15) is 10.3 Å². The molecule has 0 saturated heterocycles. The molecule has 2 heterocycles. The lowest BCUT2D eigenvalue weighted by atomic mass is 10.3. The zero-order valence-corrected chi connectivity index (χ0v) is 9.72. The number of hydrogen-bond donors (Lipinski definition) is 1. The van der Waals surface area contributed by atoms with Gasteiger partial charge in [-0.2, -0.15) is 0 Å². The van der Waals surface area contributed by atoms with Crippen molar-refractivity contribution in [1.29, 1.82) is 0 Å². The highest BCUT2D eigenvalue weighted by Crippen LogP contribution is 2.25. The Bertz CT molecular complexity index is 680. The number of fused-ring (bicyclic) bond motifs is 2. The van der Waals surface area contributed by atoms with E-state index in [9.17, 15) is 0 Å². The molecule has 1 aromatic carbocycles. The van der Waals surface area contributed by atoms with E-state index >= 15 is 0 Å². The Labute approximate surface area is 100 Å². The first-order valence-electron chi connectivity index (χ1n) is 4.73. The molecule has 3 rings (SSSR count). The Morgan fingerprint density at radius 2 is 2.00 bits per heavy atom. The van der Waals surface area contributed by atoms with E-state index in [0.717, 1.165) is 26.3 Å². The Morgan fingerprint density at radius 3 is 2.81 bits per heavy atom. The molecule has 3 nitrogen and oxygen atoms in total. The van der Waals surface area contributed by atoms with E-state index in [1.807, 2.05) is 12.1 Å². The van der Waals surface area contributed by atoms with Gasteiger partial charge in [-0.05, 0) is 24.3 Å². The van der Waals surface area contributed by atoms with Crippen LogP contribution < -0.4 is 0 Å². The van der Waals surface area contributed by atoms with Crippen LogP contribution in [0.1, 0.15) is 4.88 Å². The molecular formula is C11H7ClN2OS. The molecule has 0 fully saturated rings. The SMILES string of the molecule is OCc1cc2nc3ccc(Cl)cc3nc2s1. The van der Waals surface area contributed by atoms with Crippen molar-refractivity contribution >= 4 is 44.3 Å². The fourth-order valence-corrected chi connectivity index (χ4v) is 2.58. The van der Waals surface area contributed by atoms with Crippen molar-refractivity contribution in [2.24, 2.45) is 0 Å². The summed E-state index contributed by atoms with van der Waals surface area (Å²) in [7, 11) is 0. The number of thiophene rings is 1. The van der Waals surface area contributed by atoms with Crippen molar-refractivity contribution in [1.82, 2.24) is 9.97 Å². The summed E-state index contributed by atoms with van der Waals surface area (Å²) >= 11 is 7.35. The summed E-state index contributed by atoms with van der Waals surface area (Å²) < 4.78 is 0. The van der Waals surface area contributed by atoms with E-state index in [1.54, 1.807) is 12.1 Å². The molecule has 0 saturated carbocycles. The summed E-state index contributed by atoms with van der Waals surface area (Å²) in [5.41, 5.74) is 2.43. The Balaban J connectivity index is 2.37. The number of benzene rings is 1. The minimum Gasteiger partial charge on any atom is -0.391 e. The Hall–Kier alpha value is -1.23. The van der Waals surface area contributed by atoms with Gasteiger partial charge >= 0.3 is 0 Å². The normalized spacial score (nSPS) is 11.4. The summed E-state index contributed by atoms with van der Waals surface area (Å²) in [6.07, 6.45) is 0. The van der Waals surface area contributed by atoms with Crippen LogP contribution in [0.15, 0.2) is 24.3 Å². The maximum absolute atomic E-state index is 9.05. The van der Waals surface area contributed by atoms with Gasteiger partial charge in [0, 0.05) is 9.90 Å². The highest BCUT2D eigenvalue weighted by Gasteiger charge is 2.06. The number of nitrogens with zero attached hydrogens (tertiary/aromatic N) is 2. The number of rotatable bonds is 1. The van der Waals surface area contributed by atoms with Crippen LogP contribution in [0, 0.1) is 0 Å². The molecule has 0 amide bonds. The van der Waals surface area contributed by atoms with Crippen molar-refractivity contribution in [3.63, 3.8) is 0 Å². The Morgan fingerprint density at radius 1 is 1.12 bits per heavy atom. The second-order valence-corrected chi connectivity index (χ2v) is 4.97. The lowest BCUT2D eigenvalue weighted by Gasteiger charge is -1.96. The molecule has 0 radical (unpaired) electrons. The summed E-state index contributed by atoms with van der Waals surface area (Å²) in [5.74, 6) is 0. The molecule has 0 unspecified atom stereocenters. The number of halogens is 1. The highest BCUT2D eigenvalue weighted by atomic mass is 35.5. The van der Waals surface area contributed by atoms with Gasteiger partial charge in [0.15, 0.2) is 0 Å². The van der Waals surface area contributed by atoms with Crippen LogP contribution in [0.3, 0.4) is 0 Å². The van der Waals surface area contributed by atoms with Crippen molar-refractivity contribution in [2.75, 3.05) is 0 Å². The average molecular weight is 251 g/mol. The van der Waals surface area contributed by atoms with Crippen molar-refractivity contribution in [3.8, 4) is 0 Å². The van der Waals surface area contributed by atoms with E-state index < -0.39 is 0 Å². The van der Waals surface area contributed by atoms with E-state index in [-0.39, 0.29) is 6.61 Å². The third-order valence-corrected chi connectivity index (χ3v) is 3.54. The van der Waals surface area contributed by atoms with Gasteiger partial charge in [0.2, 0.25) is 0 Å². The van der Waals surface area contributed by atoms with E-state index in [2.05, 4.69) is 9.97 Å². The van der Waals surface area contributed by atoms with Crippen LogP contribution in [0.4, 0.5) is 0 Å². The monoisotopic (exact) mass is 250 g/mol. The molecular weight excluding hydrogens is 244 g/mol. The quantitative estimate of drug-likeness (QED) is 0.722. The molecule has 0 aliphatic rings. The first-order valence-corrected chi connectivity index (χ1v) is 5.92. The number of hydrogen-bond acceptors (Lipinski definition) is 4. The maximum Gasteiger partial charge on any atom is 0.142 e. The second-order valence-electron chi connectivity index (χ2n) is 3.42. The molecule has 80 valence electrons. The van der Waals surface area contributed by atoms with Gasteiger partial charge < -0.3 is 5.11 Å². The zero-order valence-electron chi connectivity index (χ0n) is 8.14. The van der Waals surface area contributed by atoms with Crippen molar-refractivity contribution in [3.05, 3.63) is 34.2 Å². The average Bonchev–Trinajstić information content (AvgIpc) is 2.67. The number of aromatic nitrogens is 2. The topological polar surface area (TPSA) is 46.0 Å². The van der Waals surface area contributed by atoms with E-state index in [4.69, 9.17) is 16.7 Å². The summed E-state index contributed by atoms with van der Waals surface area (Å²) in [5, 5.41) is 9.71. The highest BCUT2D eigenvalue weighted by molar-refractivity contribution is 7.18. The maximum atomic E-state index is 9.05. The molecule has 0 spiro atoms. The van der Waals surface area contributed by atoms with Gasteiger partial charge in [-0.15, -0.1) is 11.3 Å². The summed E-state index contributed by atoms with van der Waals surface area (Å²) in [6, 6.07) is 7.30. The van der Waals surface area contributed by atoms with Gasteiger partial charge in [-0.1, -0.05) is 11.6 Å². The summed E-state index contributed by atoms with van der Waals surface area (Å²) in [4.78, 5) is 10.6. The predicted octanol–water partition coefficient (Wildman–Crippen LogP) is 2.99. The van der Waals surface area contributed by atoms with Gasteiger partial charge in [0.05, 0.1) is 17.6 Å². The largest absolute Gasteiger partial charge is 0.391 e. The summed E-state index contributed by atoms with van der Waals surface area (Å²) in [6.45, 7) is 0.0276. The van der Waals surface area contributed by atoms with Crippen LogP contribution in [0.25, 0.3) is 21.4 Å². The van der Waals surface area contributed by atoms with Gasteiger partial charge in [-0.25, -0.2) is 9.97 Å². The lowest BCUT2D eigenvalue weighted by Crippen LogP contribution is -1.83. The van der Waals surface area contributed by atoms with Crippen LogP contribution in [0.2, 0.25) is 5.02 Å². The fourth-order valence-electron chi connectivity index (χ4n) is 1.58. The van der Waals surface area contributed by atoms with Crippen molar-refractivity contribution < 1.29 is 5.11 Å². The molecule has 0 aliphatic heterocycles. The van der Waals surface area contributed by atoms with E-state index in [1.165, 1.54) is 11.3 Å². The van der Waals surface area contributed by atoms with Crippen LogP contribution in [-0.2, 0) is 6.61 Å². The van der Waals surface area contributed by atoms with Crippen LogP contribution in [0.5, 0.6) is 0 Å². The minimum atomic E-state index is 0.0276. The fraction of sp³-hybridized carbons (Fsp3) is 0.0909. The molecule has 3 aromatic rings. The van der Waals surface area contributed by atoms with E-state index in [0.29, 0.717) is 5.02 Å². The first kappa shape index (κ1) is 9.96. The minimum absolute atomic E-state index is 0.0276. The van der Waals surface area contributed by atoms with Crippen LogP contribution >= 0.6 is 22.9 Å². The van der Waals surface area contributed by atoms with Gasteiger partial charge in [-0.3, -0.25) is 0 Å². The molecule has 0 bridgehead atoms. The van der Waals surface area contributed by atoms with Crippen molar-refractivity contribution in [2.45, 2.75) is 6.61 Å². The number of aliphatic hydroxyl groups is 1. The molecule has 0 aliphatic carbocycles. The van der Waals surface area contributed by atoms with Crippen LogP contribution in [-0.4, -0.2) is 15.1 Å². The predicted molar refractivity (Wildman–Crippen MR) is 65.9 cm³/mol. The third-order valence-electron chi connectivity index (χ3n) is 2.30. The molecule has 16 heavy (non-hydrogen) atoms. The third kappa shape index (κ3) is 1.55. The zero-order chi connectivity index (χ0) is 11.1. The molecule has 2 aromatic heterocycles. The standard InChI is InChI=1S/C11H7ClN2OS/c12-6-1-2-8-9(3-6)14-11-10(13-8)4-7(5-15)16-11/h1-4,15H,5H2. The molecule has 0 atom stereocenters.